The summed E-state index contributed by atoms with van der Waals surface area (Å²) in [7, 11) is 0. The van der Waals surface area contributed by atoms with Gasteiger partial charge in [-0.05, 0) is 32.9 Å². The number of anilines is 2. The number of hydrogen-bond donors (Lipinski definition) is 1. The Hall–Kier alpha value is -2.70. The van der Waals surface area contributed by atoms with Crippen LogP contribution in [0.25, 0.3) is 0 Å². The SMILES string of the molecule is CC(C)(C)Nc1cc(C(=O)N2CCN(c3ccccn3)CC2)ncn1. The van der Waals surface area contributed by atoms with E-state index in [1.54, 1.807) is 12.3 Å². The van der Waals surface area contributed by atoms with E-state index in [0.29, 0.717) is 24.6 Å². The van der Waals surface area contributed by atoms with Gasteiger partial charge in [-0.25, -0.2) is 15.0 Å². The van der Waals surface area contributed by atoms with Crippen molar-refractivity contribution in [1.82, 2.24) is 19.9 Å². The highest BCUT2D eigenvalue weighted by molar-refractivity contribution is 5.93. The molecule has 25 heavy (non-hydrogen) atoms. The number of aromatic nitrogens is 3. The Bertz CT molecular complexity index is 720. The molecule has 0 spiro atoms. The molecule has 0 bridgehead atoms. The van der Waals surface area contributed by atoms with E-state index >= 15 is 0 Å². The predicted molar refractivity (Wildman–Crippen MR) is 97.8 cm³/mol. The molecule has 7 heteroatoms. The highest BCUT2D eigenvalue weighted by Gasteiger charge is 2.24. The Balaban J connectivity index is 1.64. The lowest BCUT2D eigenvalue weighted by Gasteiger charge is -2.35. The molecule has 2 aromatic rings. The van der Waals surface area contributed by atoms with Gasteiger partial charge in [0.15, 0.2) is 0 Å². The minimum absolute atomic E-state index is 0.0555. The number of pyridine rings is 1. The zero-order valence-corrected chi connectivity index (χ0v) is 14.9. The molecule has 132 valence electrons. The fourth-order valence-electron chi connectivity index (χ4n) is 2.77. The molecular formula is C18H24N6O. The monoisotopic (exact) mass is 340 g/mol. The van der Waals surface area contributed by atoms with Gasteiger partial charge >= 0.3 is 0 Å². The van der Waals surface area contributed by atoms with Crippen molar-refractivity contribution in [2.45, 2.75) is 26.3 Å². The average molecular weight is 340 g/mol. The maximum Gasteiger partial charge on any atom is 0.272 e. The van der Waals surface area contributed by atoms with Crippen molar-refractivity contribution in [3.8, 4) is 0 Å². The molecule has 1 amide bonds. The molecule has 0 aromatic carbocycles. The van der Waals surface area contributed by atoms with Gasteiger partial charge in [0.25, 0.3) is 5.91 Å². The molecule has 0 radical (unpaired) electrons. The Kier molecular flexibility index (Phi) is 4.83. The smallest absolute Gasteiger partial charge is 0.272 e. The third kappa shape index (κ3) is 4.43. The number of carbonyl (C=O) groups is 1. The minimum Gasteiger partial charge on any atom is -0.365 e. The van der Waals surface area contributed by atoms with Crippen molar-refractivity contribution in [2.24, 2.45) is 0 Å². The van der Waals surface area contributed by atoms with E-state index in [4.69, 9.17) is 0 Å². The molecule has 7 nitrogen and oxygen atoms in total. The summed E-state index contributed by atoms with van der Waals surface area (Å²) in [6, 6.07) is 7.59. The second-order valence-electron chi connectivity index (χ2n) is 7.13. The zero-order chi connectivity index (χ0) is 17.9. The maximum atomic E-state index is 12.7. The van der Waals surface area contributed by atoms with Crippen LogP contribution in [-0.2, 0) is 0 Å². The average Bonchev–Trinajstić information content (AvgIpc) is 2.61. The van der Waals surface area contributed by atoms with E-state index in [0.717, 1.165) is 18.9 Å². The van der Waals surface area contributed by atoms with E-state index in [1.165, 1.54) is 6.33 Å². The minimum atomic E-state index is -0.122. The molecule has 1 N–H and O–H groups in total. The van der Waals surface area contributed by atoms with Gasteiger partial charge in [-0.2, -0.15) is 0 Å². The van der Waals surface area contributed by atoms with Crippen LogP contribution in [-0.4, -0.2) is 57.5 Å². The lowest BCUT2D eigenvalue weighted by molar-refractivity contribution is 0.0740. The van der Waals surface area contributed by atoms with Crippen LogP contribution in [0.4, 0.5) is 11.6 Å². The van der Waals surface area contributed by atoms with Crippen LogP contribution in [0.2, 0.25) is 0 Å². The lowest BCUT2D eigenvalue weighted by atomic mass is 10.1. The predicted octanol–water partition coefficient (Wildman–Crippen LogP) is 2.04. The first-order chi connectivity index (χ1) is 11.9. The van der Waals surface area contributed by atoms with Crippen molar-refractivity contribution >= 4 is 17.5 Å². The zero-order valence-electron chi connectivity index (χ0n) is 14.9. The van der Waals surface area contributed by atoms with E-state index in [2.05, 4.69) is 25.2 Å². The van der Waals surface area contributed by atoms with Gasteiger partial charge in [-0.15, -0.1) is 0 Å². The quantitative estimate of drug-likeness (QED) is 0.922. The van der Waals surface area contributed by atoms with Gasteiger partial charge in [-0.1, -0.05) is 6.07 Å². The van der Waals surface area contributed by atoms with E-state index in [9.17, 15) is 4.79 Å². The van der Waals surface area contributed by atoms with Crippen molar-refractivity contribution < 1.29 is 4.79 Å². The summed E-state index contributed by atoms with van der Waals surface area (Å²) in [5, 5.41) is 3.27. The number of nitrogens with zero attached hydrogens (tertiary/aromatic N) is 5. The highest BCUT2D eigenvalue weighted by Crippen LogP contribution is 2.16. The first kappa shape index (κ1) is 17.1. The molecule has 3 rings (SSSR count). The molecule has 0 saturated carbocycles. The molecule has 0 aliphatic carbocycles. The van der Waals surface area contributed by atoms with Crippen LogP contribution in [0, 0.1) is 0 Å². The Morgan fingerprint density at radius 1 is 1.08 bits per heavy atom. The first-order valence-electron chi connectivity index (χ1n) is 8.48. The lowest BCUT2D eigenvalue weighted by Crippen LogP contribution is -2.49. The summed E-state index contributed by atoms with van der Waals surface area (Å²) in [6.45, 7) is 8.99. The van der Waals surface area contributed by atoms with E-state index in [1.807, 2.05) is 43.9 Å². The molecule has 0 unspecified atom stereocenters. The van der Waals surface area contributed by atoms with Crippen LogP contribution >= 0.6 is 0 Å². The van der Waals surface area contributed by atoms with Crippen LogP contribution in [0.5, 0.6) is 0 Å². The van der Waals surface area contributed by atoms with E-state index in [-0.39, 0.29) is 11.4 Å². The van der Waals surface area contributed by atoms with Gasteiger partial charge in [0.1, 0.15) is 23.7 Å². The standard InChI is InChI=1S/C18H24N6O/c1-18(2,3)22-15-12-14(20-13-21-15)17(25)24-10-8-23(9-11-24)16-6-4-5-7-19-16/h4-7,12-13H,8-11H2,1-3H3,(H,20,21,22). The van der Waals surface area contributed by atoms with Crippen LogP contribution in [0.3, 0.4) is 0 Å². The fraction of sp³-hybridized carbons (Fsp3) is 0.444. The van der Waals surface area contributed by atoms with Crippen molar-refractivity contribution in [2.75, 3.05) is 36.4 Å². The number of rotatable bonds is 3. The summed E-state index contributed by atoms with van der Waals surface area (Å²) in [4.78, 5) is 29.5. The van der Waals surface area contributed by atoms with Crippen LogP contribution in [0.15, 0.2) is 36.8 Å². The number of carbonyl (C=O) groups excluding carboxylic acids is 1. The molecule has 1 saturated heterocycles. The molecular weight excluding hydrogens is 316 g/mol. The van der Waals surface area contributed by atoms with Crippen molar-refractivity contribution in [1.29, 1.82) is 0 Å². The highest BCUT2D eigenvalue weighted by atomic mass is 16.2. The van der Waals surface area contributed by atoms with Gasteiger partial charge in [0.05, 0.1) is 0 Å². The van der Waals surface area contributed by atoms with E-state index < -0.39 is 0 Å². The number of amides is 1. The molecule has 0 atom stereocenters. The maximum absolute atomic E-state index is 12.7. The normalized spacial score (nSPS) is 15.2. The number of nitrogens with one attached hydrogen (secondary N) is 1. The Morgan fingerprint density at radius 3 is 2.48 bits per heavy atom. The molecule has 1 aliphatic heterocycles. The van der Waals surface area contributed by atoms with Crippen molar-refractivity contribution in [3.63, 3.8) is 0 Å². The molecule has 2 aromatic heterocycles. The summed E-state index contributed by atoms with van der Waals surface area (Å²) in [6.07, 6.45) is 3.23. The number of piperazine rings is 1. The number of hydrogen-bond acceptors (Lipinski definition) is 6. The van der Waals surface area contributed by atoms with Gasteiger partial charge < -0.3 is 15.1 Å². The Labute approximate surface area is 148 Å². The van der Waals surface area contributed by atoms with Crippen LogP contribution < -0.4 is 10.2 Å². The first-order valence-corrected chi connectivity index (χ1v) is 8.48. The largest absolute Gasteiger partial charge is 0.365 e. The molecule has 1 aliphatic rings. The Morgan fingerprint density at radius 2 is 1.84 bits per heavy atom. The summed E-state index contributed by atoms with van der Waals surface area (Å²) in [5.74, 6) is 1.56. The second-order valence-corrected chi connectivity index (χ2v) is 7.13. The molecule has 1 fully saturated rings. The summed E-state index contributed by atoms with van der Waals surface area (Å²) < 4.78 is 0. The summed E-state index contributed by atoms with van der Waals surface area (Å²) in [5.41, 5.74) is 0.302. The van der Waals surface area contributed by atoms with Gasteiger partial charge in [-0.3, -0.25) is 4.79 Å². The second kappa shape index (κ2) is 7.04. The summed E-state index contributed by atoms with van der Waals surface area (Å²) >= 11 is 0. The topological polar surface area (TPSA) is 74.2 Å². The molecule has 3 heterocycles. The third-order valence-electron chi connectivity index (χ3n) is 3.93. The van der Waals surface area contributed by atoms with Crippen molar-refractivity contribution in [3.05, 3.63) is 42.5 Å². The third-order valence-corrected chi connectivity index (χ3v) is 3.93. The van der Waals surface area contributed by atoms with Crippen LogP contribution in [0.1, 0.15) is 31.3 Å². The van der Waals surface area contributed by atoms with Gasteiger partial charge in [0, 0.05) is 44.0 Å². The van der Waals surface area contributed by atoms with Gasteiger partial charge in [0.2, 0.25) is 0 Å². The fourth-order valence-corrected chi connectivity index (χ4v) is 2.77.